The van der Waals surface area contributed by atoms with Crippen molar-refractivity contribution in [1.82, 2.24) is 15.6 Å². The highest BCUT2D eigenvalue weighted by molar-refractivity contribution is 5.92. The molecule has 2 atom stereocenters. The Morgan fingerprint density at radius 1 is 1.15 bits per heavy atom. The molecular formula is C18H28N4O4. The number of aliphatic carboxylic acids is 1. The van der Waals surface area contributed by atoms with E-state index in [1.807, 2.05) is 6.92 Å². The summed E-state index contributed by atoms with van der Waals surface area (Å²) < 4.78 is 0. The Bertz CT molecular complexity index is 580. The highest BCUT2D eigenvalue weighted by Crippen LogP contribution is 2.05. The molecule has 0 fully saturated rings. The third-order valence-electron chi connectivity index (χ3n) is 3.90. The van der Waals surface area contributed by atoms with Crippen LogP contribution in [0.5, 0.6) is 0 Å². The topological polar surface area (TPSA) is 134 Å². The van der Waals surface area contributed by atoms with Gasteiger partial charge in [-0.25, -0.2) is 4.79 Å². The summed E-state index contributed by atoms with van der Waals surface area (Å²) in [6.07, 6.45) is 4.68. The summed E-state index contributed by atoms with van der Waals surface area (Å²) in [5.41, 5.74) is 5.74. The van der Waals surface area contributed by atoms with Gasteiger partial charge in [0, 0.05) is 18.7 Å². The molecule has 0 bridgehead atoms. The van der Waals surface area contributed by atoms with Gasteiger partial charge in [0.1, 0.15) is 11.7 Å². The molecule has 8 nitrogen and oxygen atoms in total. The number of carboxylic acid groups (broad SMARTS) is 1. The summed E-state index contributed by atoms with van der Waals surface area (Å²) in [5, 5.41) is 14.5. The average Bonchev–Trinajstić information content (AvgIpc) is 2.61. The Morgan fingerprint density at radius 2 is 1.92 bits per heavy atom. The highest BCUT2D eigenvalue weighted by Gasteiger charge is 2.19. The van der Waals surface area contributed by atoms with Gasteiger partial charge in [0.05, 0.1) is 0 Å². The molecule has 0 aliphatic carbocycles. The number of nitrogens with one attached hydrogen (secondary N) is 2. The fourth-order valence-electron chi connectivity index (χ4n) is 2.45. The Morgan fingerprint density at radius 3 is 2.54 bits per heavy atom. The number of carbonyl (C=O) groups excluding carboxylic acids is 2. The zero-order chi connectivity index (χ0) is 19.4. The third kappa shape index (κ3) is 8.57. The van der Waals surface area contributed by atoms with Gasteiger partial charge in [-0.05, 0) is 57.7 Å². The maximum atomic E-state index is 12.0. The van der Waals surface area contributed by atoms with Gasteiger partial charge in [0.15, 0.2) is 0 Å². The lowest BCUT2D eigenvalue weighted by atomic mass is 10.1. The van der Waals surface area contributed by atoms with Crippen molar-refractivity contribution >= 4 is 17.8 Å². The van der Waals surface area contributed by atoms with Crippen LogP contribution in [0, 0.1) is 0 Å². The first-order valence-electron chi connectivity index (χ1n) is 8.88. The van der Waals surface area contributed by atoms with Gasteiger partial charge in [-0.1, -0.05) is 6.07 Å². The second kappa shape index (κ2) is 12.0. The number of carbonyl (C=O) groups is 3. The molecule has 1 aromatic heterocycles. The molecular weight excluding hydrogens is 336 g/mol. The second-order valence-electron chi connectivity index (χ2n) is 6.22. The van der Waals surface area contributed by atoms with E-state index in [9.17, 15) is 14.4 Å². The maximum absolute atomic E-state index is 12.0. The summed E-state index contributed by atoms with van der Waals surface area (Å²) >= 11 is 0. The van der Waals surface area contributed by atoms with Crippen LogP contribution in [-0.2, 0) is 9.59 Å². The Hall–Kier alpha value is -2.48. The molecule has 1 rings (SSSR count). The fourth-order valence-corrected chi connectivity index (χ4v) is 2.45. The van der Waals surface area contributed by atoms with Crippen LogP contribution >= 0.6 is 0 Å². The van der Waals surface area contributed by atoms with Crippen LogP contribution in [0.1, 0.15) is 55.9 Å². The average molecular weight is 364 g/mol. The number of unbranched alkanes of at least 4 members (excludes halogenated alkanes) is 1. The lowest BCUT2D eigenvalue weighted by Gasteiger charge is -2.16. The van der Waals surface area contributed by atoms with E-state index in [4.69, 9.17) is 10.8 Å². The van der Waals surface area contributed by atoms with Gasteiger partial charge in [-0.3, -0.25) is 14.6 Å². The highest BCUT2D eigenvalue weighted by atomic mass is 16.4. The molecule has 2 amide bonds. The predicted molar refractivity (Wildman–Crippen MR) is 97.5 cm³/mol. The molecule has 1 unspecified atom stereocenters. The molecule has 26 heavy (non-hydrogen) atoms. The molecule has 0 aromatic carbocycles. The van der Waals surface area contributed by atoms with Crippen LogP contribution in [0.2, 0.25) is 0 Å². The van der Waals surface area contributed by atoms with Crippen molar-refractivity contribution in [1.29, 1.82) is 0 Å². The van der Waals surface area contributed by atoms with Crippen molar-refractivity contribution in [2.75, 3.05) is 6.54 Å². The first-order chi connectivity index (χ1) is 12.4. The van der Waals surface area contributed by atoms with E-state index < -0.39 is 12.0 Å². The summed E-state index contributed by atoms with van der Waals surface area (Å²) in [6.45, 7) is 2.36. The fraction of sp³-hybridized carbons (Fsp3) is 0.556. The molecule has 1 aromatic rings. The van der Waals surface area contributed by atoms with Gasteiger partial charge < -0.3 is 21.5 Å². The number of hydrogen-bond donors (Lipinski definition) is 4. The minimum Gasteiger partial charge on any atom is -0.480 e. The molecule has 1 heterocycles. The molecule has 8 heteroatoms. The molecule has 0 radical (unpaired) electrons. The quantitative estimate of drug-likeness (QED) is 0.410. The van der Waals surface area contributed by atoms with Gasteiger partial charge in [0.2, 0.25) is 5.91 Å². The smallest absolute Gasteiger partial charge is 0.326 e. The van der Waals surface area contributed by atoms with Crippen molar-refractivity contribution in [2.45, 2.75) is 57.5 Å². The standard InChI is InChI=1S/C18H28N4O4/c1-13(21-17(24)14-8-3-5-12-20-14)7-6-10-16(23)22-15(18(25)26)9-2-4-11-19/h3,5,8,12-13,15H,2,4,6-7,9-11,19H2,1H3,(H,21,24)(H,22,23)(H,25,26)/t13?,15-/m0/s1. The van der Waals surface area contributed by atoms with Crippen LogP contribution in [0.4, 0.5) is 0 Å². The summed E-state index contributed by atoms with van der Waals surface area (Å²) in [4.78, 5) is 39.0. The summed E-state index contributed by atoms with van der Waals surface area (Å²) in [5.74, 6) is -1.59. The van der Waals surface area contributed by atoms with E-state index in [0.717, 1.165) is 6.42 Å². The van der Waals surface area contributed by atoms with E-state index in [2.05, 4.69) is 15.6 Å². The van der Waals surface area contributed by atoms with Crippen LogP contribution < -0.4 is 16.4 Å². The first-order valence-corrected chi connectivity index (χ1v) is 8.88. The Kier molecular flexibility index (Phi) is 9.93. The molecule has 0 aliphatic rings. The van der Waals surface area contributed by atoms with Gasteiger partial charge in [-0.2, -0.15) is 0 Å². The monoisotopic (exact) mass is 364 g/mol. The normalized spacial score (nSPS) is 12.8. The molecule has 144 valence electrons. The number of carboxylic acids is 1. The zero-order valence-corrected chi connectivity index (χ0v) is 15.1. The largest absolute Gasteiger partial charge is 0.480 e. The number of pyridine rings is 1. The van der Waals surface area contributed by atoms with Crippen molar-refractivity contribution in [3.8, 4) is 0 Å². The number of amides is 2. The van der Waals surface area contributed by atoms with E-state index in [-0.39, 0.29) is 24.3 Å². The Balaban J connectivity index is 2.29. The van der Waals surface area contributed by atoms with Crippen LogP contribution in [0.15, 0.2) is 24.4 Å². The Labute approximate surface area is 153 Å². The molecule has 5 N–H and O–H groups in total. The minimum atomic E-state index is -1.04. The van der Waals surface area contributed by atoms with Crippen LogP contribution in [0.3, 0.4) is 0 Å². The van der Waals surface area contributed by atoms with E-state index in [1.165, 1.54) is 0 Å². The predicted octanol–water partition coefficient (Wildman–Crippen LogP) is 1.07. The number of hydrogen-bond acceptors (Lipinski definition) is 5. The van der Waals surface area contributed by atoms with Crippen molar-refractivity contribution < 1.29 is 19.5 Å². The first kappa shape index (κ1) is 21.6. The van der Waals surface area contributed by atoms with Crippen molar-refractivity contribution in [2.24, 2.45) is 5.73 Å². The van der Waals surface area contributed by atoms with Crippen molar-refractivity contribution in [3.05, 3.63) is 30.1 Å². The van der Waals surface area contributed by atoms with E-state index in [1.54, 1.807) is 24.4 Å². The van der Waals surface area contributed by atoms with Gasteiger partial charge in [-0.15, -0.1) is 0 Å². The third-order valence-corrected chi connectivity index (χ3v) is 3.90. The number of aromatic nitrogens is 1. The summed E-state index contributed by atoms with van der Waals surface area (Å²) in [6, 6.07) is 4.11. The van der Waals surface area contributed by atoms with Crippen molar-refractivity contribution in [3.63, 3.8) is 0 Å². The number of nitrogens with zero attached hydrogens (tertiary/aromatic N) is 1. The zero-order valence-electron chi connectivity index (χ0n) is 15.1. The van der Waals surface area contributed by atoms with Gasteiger partial charge >= 0.3 is 5.97 Å². The molecule has 0 saturated heterocycles. The number of nitrogens with two attached hydrogens (primary N) is 1. The lowest BCUT2D eigenvalue weighted by molar-refractivity contribution is -0.142. The maximum Gasteiger partial charge on any atom is 0.326 e. The van der Waals surface area contributed by atoms with E-state index >= 15 is 0 Å². The van der Waals surface area contributed by atoms with Gasteiger partial charge in [0.25, 0.3) is 5.91 Å². The summed E-state index contributed by atoms with van der Waals surface area (Å²) in [7, 11) is 0. The minimum absolute atomic E-state index is 0.114. The van der Waals surface area contributed by atoms with Crippen LogP contribution in [-0.4, -0.2) is 46.5 Å². The van der Waals surface area contributed by atoms with Crippen LogP contribution in [0.25, 0.3) is 0 Å². The molecule has 0 aliphatic heterocycles. The lowest BCUT2D eigenvalue weighted by Crippen LogP contribution is -2.41. The molecule has 0 spiro atoms. The molecule has 0 saturated carbocycles. The second-order valence-corrected chi connectivity index (χ2v) is 6.22. The number of rotatable bonds is 12. The van der Waals surface area contributed by atoms with E-state index in [0.29, 0.717) is 37.9 Å². The SMILES string of the molecule is CC(CCCC(=O)N[C@@H](CCCCN)C(=O)O)NC(=O)c1ccccn1.